The van der Waals surface area contributed by atoms with Gasteiger partial charge in [0, 0.05) is 24.1 Å². The first kappa shape index (κ1) is 19.1. The van der Waals surface area contributed by atoms with Crippen molar-refractivity contribution in [1.29, 1.82) is 0 Å². The van der Waals surface area contributed by atoms with Crippen LogP contribution in [0.5, 0.6) is 0 Å². The zero-order valence-corrected chi connectivity index (χ0v) is 15.7. The predicted octanol–water partition coefficient (Wildman–Crippen LogP) is 2.63. The molecule has 7 nitrogen and oxygen atoms in total. The molecule has 4 rings (SSSR count). The summed E-state index contributed by atoms with van der Waals surface area (Å²) < 4.78 is 23.4. The first-order chi connectivity index (χ1) is 14.1. The van der Waals surface area contributed by atoms with E-state index in [0.29, 0.717) is 31.9 Å². The average molecular weight is 397 g/mol. The van der Waals surface area contributed by atoms with Crippen molar-refractivity contribution in [1.82, 2.24) is 0 Å². The highest BCUT2D eigenvalue weighted by atomic mass is 19.1. The fourth-order valence-corrected chi connectivity index (χ4v) is 3.26. The van der Waals surface area contributed by atoms with E-state index in [0.717, 1.165) is 11.3 Å². The Kier molecular flexibility index (Phi) is 5.53. The number of benzene rings is 2. The molecule has 0 bridgehead atoms. The van der Waals surface area contributed by atoms with Crippen molar-refractivity contribution >= 4 is 29.6 Å². The number of carbonyl (C=O) groups is 2. The van der Waals surface area contributed by atoms with E-state index in [1.54, 1.807) is 40.3 Å². The molecule has 2 aliphatic rings. The molecule has 0 spiro atoms. The second kappa shape index (κ2) is 8.40. The molecule has 0 radical (unpaired) electrons. The molecule has 2 fully saturated rings. The Morgan fingerprint density at radius 1 is 1.03 bits per heavy atom. The highest BCUT2D eigenvalue weighted by Crippen LogP contribution is 2.25. The van der Waals surface area contributed by atoms with Crippen LogP contribution in [-0.4, -0.2) is 57.2 Å². The summed E-state index contributed by atoms with van der Waals surface area (Å²) in [7, 11) is 0. The quantitative estimate of drug-likeness (QED) is 0.728. The predicted molar refractivity (Wildman–Crippen MR) is 106 cm³/mol. The summed E-state index contributed by atoms with van der Waals surface area (Å²) in [5.41, 5.74) is 2.25. The molecule has 0 unspecified atom stereocenters. The molecule has 29 heavy (non-hydrogen) atoms. The number of amides is 2. The Morgan fingerprint density at radius 2 is 1.72 bits per heavy atom. The van der Waals surface area contributed by atoms with Crippen LogP contribution in [0.2, 0.25) is 0 Å². The van der Waals surface area contributed by atoms with Crippen molar-refractivity contribution < 1.29 is 23.5 Å². The number of hydrogen-bond donors (Lipinski definition) is 0. The molecule has 2 aromatic carbocycles. The third-order valence-electron chi connectivity index (χ3n) is 4.75. The number of morpholine rings is 1. The summed E-state index contributed by atoms with van der Waals surface area (Å²) in [5.74, 6) is -0.379. The van der Waals surface area contributed by atoms with Gasteiger partial charge < -0.3 is 14.4 Å². The fourth-order valence-electron chi connectivity index (χ4n) is 3.26. The highest BCUT2D eigenvalue weighted by molar-refractivity contribution is 5.95. The van der Waals surface area contributed by atoms with Crippen LogP contribution in [0.25, 0.3) is 0 Å². The number of carbonyl (C=O) groups excluding carboxylic acids is 2. The van der Waals surface area contributed by atoms with Gasteiger partial charge in [0.2, 0.25) is 0 Å². The van der Waals surface area contributed by atoms with Crippen molar-refractivity contribution in [2.45, 2.75) is 6.10 Å². The van der Waals surface area contributed by atoms with Crippen LogP contribution in [-0.2, 0) is 14.3 Å². The number of aliphatic imine (C=N–C) groups is 1. The van der Waals surface area contributed by atoms with E-state index in [9.17, 15) is 14.0 Å². The lowest BCUT2D eigenvalue weighted by Gasteiger charge is -2.27. The van der Waals surface area contributed by atoms with Gasteiger partial charge in [-0.25, -0.2) is 9.18 Å². The van der Waals surface area contributed by atoms with Crippen molar-refractivity contribution in [3.05, 3.63) is 59.9 Å². The molecule has 1 atom stereocenters. The Hall–Kier alpha value is -3.26. The number of anilines is 2. The average Bonchev–Trinajstić information content (AvgIpc) is 3.10. The molecule has 2 amide bonds. The van der Waals surface area contributed by atoms with E-state index < -0.39 is 6.09 Å². The summed E-state index contributed by atoms with van der Waals surface area (Å²) in [5, 5.41) is 0. The van der Waals surface area contributed by atoms with Gasteiger partial charge in [0.15, 0.2) is 0 Å². The monoisotopic (exact) mass is 397 g/mol. The number of halogens is 1. The van der Waals surface area contributed by atoms with Crippen molar-refractivity contribution in [2.75, 3.05) is 42.6 Å². The largest absolute Gasteiger partial charge is 0.442 e. The Bertz CT molecular complexity index is 915. The SMILES string of the molecule is O=C1COCCN1c1ccc(N2C[C@@H](C/N=C/c3ccc(F)cc3)OC2=O)cc1. The van der Waals surface area contributed by atoms with Crippen LogP contribution >= 0.6 is 0 Å². The van der Waals surface area contributed by atoms with E-state index >= 15 is 0 Å². The number of hydrogen-bond acceptors (Lipinski definition) is 5. The van der Waals surface area contributed by atoms with Gasteiger partial charge in [-0.15, -0.1) is 0 Å². The first-order valence-electron chi connectivity index (χ1n) is 9.32. The van der Waals surface area contributed by atoms with E-state index in [1.165, 1.54) is 12.1 Å². The lowest BCUT2D eigenvalue weighted by molar-refractivity contribution is -0.125. The van der Waals surface area contributed by atoms with Crippen molar-refractivity contribution in [3.63, 3.8) is 0 Å². The van der Waals surface area contributed by atoms with Crippen LogP contribution in [0.4, 0.5) is 20.6 Å². The van der Waals surface area contributed by atoms with Crippen molar-refractivity contribution in [2.24, 2.45) is 4.99 Å². The van der Waals surface area contributed by atoms with Crippen LogP contribution < -0.4 is 9.80 Å². The molecule has 2 aliphatic heterocycles. The Labute approximate surface area is 167 Å². The zero-order chi connectivity index (χ0) is 20.2. The normalized spacial score (nSPS) is 19.8. The van der Waals surface area contributed by atoms with Gasteiger partial charge in [0.05, 0.1) is 19.7 Å². The zero-order valence-electron chi connectivity index (χ0n) is 15.7. The maximum Gasteiger partial charge on any atom is 0.414 e. The van der Waals surface area contributed by atoms with Gasteiger partial charge >= 0.3 is 6.09 Å². The summed E-state index contributed by atoms with van der Waals surface area (Å²) in [4.78, 5) is 31.7. The molecule has 0 saturated carbocycles. The Balaban J connectivity index is 1.36. The number of nitrogens with zero attached hydrogens (tertiary/aromatic N) is 3. The number of rotatable bonds is 5. The third kappa shape index (κ3) is 4.43. The van der Waals surface area contributed by atoms with Gasteiger partial charge in [0.25, 0.3) is 5.91 Å². The van der Waals surface area contributed by atoms with Gasteiger partial charge in [0.1, 0.15) is 18.5 Å². The molecule has 0 aliphatic carbocycles. The molecule has 2 saturated heterocycles. The minimum atomic E-state index is -0.429. The lowest BCUT2D eigenvalue weighted by Crippen LogP contribution is -2.41. The lowest BCUT2D eigenvalue weighted by atomic mass is 10.2. The van der Waals surface area contributed by atoms with Crippen LogP contribution in [0.3, 0.4) is 0 Å². The summed E-state index contributed by atoms with van der Waals surface area (Å²) in [6.07, 6.45) is 0.839. The van der Waals surface area contributed by atoms with E-state index in [1.807, 2.05) is 12.1 Å². The molecular weight excluding hydrogens is 377 g/mol. The molecule has 2 heterocycles. The van der Waals surface area contributed by atoms with Gasteiger partial charge in [-0.05, 0) is 42.0 Å². The van der Waals surface area contributed by atoms with E-state index in [-0.39, 0.29) is 24.4 Å². The smallest absolute Gasteiger partial charge is 0.414 e. The molecule has 2 aromatic rings. The highest BCUT2D eigenvalue weighted by Gasteiger charge is 2.32. The maximum absolute atomic E-state index is 12.9. The Morgan fingerprint density at radius 3 is 2.41 bits per heavy atom. The van der Waals surface area contributed by atoms with Gasteiger partial charge in [-0.1, -0.05) is 12.1 Å². The second-order valence-electron chi connectivity index (χ2n) is 6.78. The van der Waals surface area contributed by atoms with Crippen LogP contribution in [0.1, 0.15) is 5.56 Å². The molecule has 8 heteroatoms. The minimum Gasteiger partial charge on any atom is -0.442 e. The number of cyclic esters (lactones) is 1. The topological polar surface area (TPSA) is 71.4 Å². The molecule has 150 valence electrons. The fraction of sp³-hybridized carbons (Fsp3) is 0.286. The molecule has 0 N–H and O–H groups in total. The van der Waals surface area contributed by atoms with Crippen LogP contribution in [0, 0.1) is 5.82 Å². The third-order valence-corrected chi connectivity index (χ3v) is 4.75. The molecule has 0 aromatic heterocycles. The minimum absolute atomic E-state index is 0.0799. The van der Waals surface area contributed by atoms with Gasteiger partial charge in [-0.3, -0.25) is 14.7 Å². The number of ether oxygens (including phenoxy) is 2. The van der Waals surface area contributed by atoms with Crippen LogP contribution in [0.15, 0.2) is 53.5 Å². The van der Waals surface area contributed by atoms with Crippen molar-refractivity contribution in [3.8, 4) is 0 Å². The summed E-state index contributed by atoms with van der Waals surface area (Å²) in [6.45, 7) is 1.81. The van der Waals surface area contributed by atoms with Gasteiger partial charge in [-0.2, -0.15) is 0 Å². The summed E-state index contributed by atoms with van der Waals surface area (Å²) in [6, 6.07) is 13.2. The van der Waals surface area contributed by atoms with E-state index in [4.69, 9.17) is 9.47 Å². The second-order valence-corrected chi connectivity index (χ2v) is 6.78. The standard InChI is InChI=1S/C21H20FN3O4/c22-16-3-1-15(2-4-16)11-23-12-19-13-25(21(27)29-19)18-7-5-17(6-8-18)24-9-10-28-14-20(24)26/h1-8,11,19H,9-10,12-14H2/b23-11+/t19-/m1/s1. The molecular formula is C21H20FN3O4. The van der Waals surface area contributed by atoms with E-state index in [2.05, 4.69) is 4.99 Å². The first-order valence-corrected chi connectivity index (χ1v) is 9.32. The maximum atomic E-state index is 12.9. The summed E-state index contributed by atoms with van der Waals surface area (Å²) >= 11 is 0.